The van der Waals surface area contributed by atoms with Gasteiger partial charge in [-0.05, 0) is 31.4 Å². The Morgan fingerprint density at radius 2 is 1.93 bits per heavy atom. The second-order valence-corrected chi connectivity index (χ2v) is 7.20. The molecule has 2 N–H and O–H groups in total. The lowest BCUT2D eigenvalue weighted by atomic mass is 9.89. The number of anilines is 1. The number of para-hydroxylation sites is 1. The molecular formula is C20H28N4O3. The third-order valence-electron chi connectivity index (χ3n) is 5.29. The van der Waals surface area contributed by atoms with Gasteiger partial charge < -0.3 is 15.5 Å². The number of hydrogen-bond acceptors (Lipinski definition) is 4. The van der Waals surface area contributed by atoms with Crippen molar-refractivity contribution in [3.05, 3.63) is 29.8 Å². The molecule has 1 atom stereocenters. The molecule has 3 rings (SSSR count). The number of hydrogen-bond donors (Lipinski definition) is 2. The standard InChI is InChI=1S/C20H28N4O3/c1-2-21-18(25)14-23-9-11-24(12-10-23)19(26)8-7-16-13-15-5-3-4-6-17(15)22-20(16)27/h3-6,16H,2,7-14H2,1H3,(H,21,25)(H,22,27). The fourth-order valence-electron chi connectivity index (χ4n) is 3.71. The zero-order chi connectivity index (χ0) is 19.2. The lowest BCUT2D eigenvalue weighted by Gasteiger charge is -2.34. The van der Waals surface area contributed by atoms with E-state index in [2.05, 4.69) is 15.5 Å². The number of fused-ring (bicyclic) bond motifs is 1. The lowest BCUT2D eigenvalue weighted by molar-refractivity contribution is -0.133. The fraction of sp³-hybridized carbons (Fsp3) is 0.550. The highest BCUT2D eigenvalue weighted by atomic mass is 16.2. The van der Waals surface area contributed by atoms with Crippen molar-refractivity contribution in [2.24, 2.45) is 5.92 Å². The lowest BCUT2D eigenvalue weighted by Crippen LogP contribution is -2.51. The minimum Gasteiger partial charge on any atom is -0.355 e. The Bertz CT molecular complexity index is 698. The summed E-state index contributed by atoms with van der Waals surface area (Å²) in [7, 11) is 0. The van der Waals surface area contributed by atoms with E-state index in [1.807, 2.05) is 36.1 Å². The minimum atomic E-state index is -0.150. The highest BCUT2D eigenvalue weighted by Crippen LogP contribution is 2.27. The average molecular weight is 372 g/mol. The molecule has 27 heavy (non-hydrogen) atoms. The maximum atomic E-state index is 12.5. The third kappa shape index (κ3) is 5.07. The van der Waals surface area contributed by atoms with Gasteiger partial charge in [0, 0.05) is 50.7 Å². The molecule has 2 heterocycles. The van der Waals surface area contributed by atoms with Gasteiger partial charge in [-0.15, -0.1) is 0 Å². The molecule has 0 aromatic heterocycles. The van der Waals surface area contributed by atoms with Crippen LogP contribution < -0.4 is 10.6 Å². The summed E-state index contributed by atoms with van der Waals surface area (Å²) in [5.74, 6) is -0.0173. The van der Waals surface area contributed by atoms with Gasteiger partial charge in [-0.25, -0.2) is 0 Å². The number of amides is 3. The summed E-state index contributed by atoms with van der Waals surface area (Å²) < 4.78 is 0. The number of carbonyl (C=O) groups excluding carboxylic acids is 3. The molecule has 1 saturated heterocycles. The van der Waals surface area contributed by atoms with Crippen LogP contribution in [-0.4, -0.2) is 66.8 Å². The molecule has 1 aromatic carbocycles. The Morgan fingerprint density at radius 1 is 1.19 bits per heavy atom. The van der Waals surface area contributed by atoms with Crippen molar-refractivity contribution >= 4 is 23.4 Å². The molecule has 2 aliphatic rings. The molecule has 1 aromatic rings. The summed E-state index contributed by atoms with van der Waals surface area (Å²) in [6.45, 7) is 5.61. The number of rotatable bonds is 6. The van der Waals surface area contributed by atoms with Crippen LogP contribution in [0.5, 0.6) is 0 Å². The molecule has 0 bridgehead atoms. The van der Waals surface area contributed by atoms with Crippen molar-refractivity contribution < 1.29 is 14.4 Å². The summed E-state index contributed by atoms with van der Waals surface area (Å²) in [4.78, 5) is 40.4. The van der Waals surface area contributed by atoms with E-state index in [0.29, 0.717) is 58.5 Å². The smallest absolute Gasteiger partial charge is 0.234 e. The first-order valence-electron chi connectivity index (χ1n) is 9.72. The third-order valence-corrected chi connectivity index (χ3v) is 5.29. The predicted molar refractivity (Wildman–Crippen MR) is 103 cm³/mol. The van der Waals surface area contributed by atoms with Crippen molar-refractivity contribution in [1.29, 1.82) is 0 Å². The Balaban J connectivity index is 1.43. The first-order chi connectivity index (χ1) is 13.1. The number of benzene rings is 1. The van der Waals surface area contributed by atoms with Crippen molar-refractivity contribution in [3.63, 3.8) is 0 Å². The highest BCUT2D eigenvalue weighted by Gasteiger charge is 2.28. The Labute approximate surface area is 160 Å². The van der Waals surface area contributed by atoms with Crippen LogP contribution in [0.2, 0.25) is 0 Å². The molecule has 0 radical (unpaired) electrons. The summed E-state index contributed by atoms with van der Waals surface area (Å²) in [6.07, 6.45) is 1.64. The van der Waals surface area contributed by atoms with E-state index < -0.39 is 0 Å². The van der Waals surface area contributed by atoms with Crippen LogP contribution in [0.3, 0.4) is 0 Å². The normalized spacial score (nSPS) is 20.0. The van der Waals surface area contributed by atoms with E-state index >= 15 is 0 Å². The first-order valence-corrected chi connectivity index (χ1v) is 9.72. The van der Waals surface area contributed by atoms with Gasteiger partial charge in [0.1, 0.15) is 0 Å². The molecule has 7 nitrogen and oxygen atoms in total. The minimum absolute atomic E-state index is 0.00764. The van der Waals surface area contributed by atoms with E-state index in [9.17, 15) is 14.4 Å². The number of carbonyl (C=O) groups is 3. The van der Waals surface area contributed by atoms with Crippen molar-refractivity contribution in [3.8, 4) is 0 Å². The average Bonchev–Trinajstić information content (AvgIpc) is 2.67. The summed E-state index contributed by atoms with van der Waals surface area (Å²) in [5.41, 5.74) is 2.02. The molecule has 3 amide bonds. The van der Waals surface area contributed by atoms with Gasteiger partial charge in [0.2, 0.25) is 17.7 Å². The topological polar surface area (TPSA) is 81.8 Å². The van der Waals surface area contributed by atoms with Crippen LogP contribution in [0.1, 0.15) is 25.3 Å². The molecule has 2 aliphatic heterocycles. The van der Waals surface area contributed by atoms with Crippen molar-refractivity contribution in [2.75, 3.05) is 44.6 Å². The van der Waals surface area contributed by atoms with Gasteiger partial charge in [-0.2, -0.15) is 0 Å². The van der Waals surface area contributed by atoms with Crippen molar-refractivity contribution in [2.45, 2.75) is 26.2 Å². The second-order valence-electron chi connectivity index (χ2n) is 7.20. The monoisotopic (exact) mass is 372 g/mol. The maximum Gasteiger partial charge on any atom is 0.234 e. The molecule has 7 heteroatoms. The van der Waals surface area contributed by atoms with E-state index in [0.717, 1.165) is 11.3 Å². The van der Waals surface area contributed by atoms with E-state index in [-0.39, 0.29) is 23.6 Å². The van der Waals surface area contributed by atoms with Gasteiger partial charge in [0.05, 0.1) is 6.54 Å². The molecule has 1 fully saturated rings. The van der Waals surface area contributed by atoms with Crippen LogP contribution in [0, 0.1) is 5.92 Å². The molecule has 0 spiro atoms. The Kier molecular flexibility index (Phi) is 6.45. The van der Waals surface area contributed by atoms with Gasteiger partial charge in [0.15, 0.2) is 0 Å². The summed E-state index contributed by atoms with van der Waals surface area (Å²) in [6, 6.07) is 7.82. The quantitative estimate of drug-likeness (QED) is 0.776. The van der Waals surface area contributed by atoms with E-state index in [1.165, 1.54) is 0 Å². The number of nitrogens with zero attached hydrogens (tertiary/aromatic N) is 2. The molecule has 1 unspecified atom stereocenters. The summed E-state index contributed by atoms with van der Waals surface area (Å²) >= 11 is 0. The van der Waals surface area contributed by atoms with Crippen LogP contribution in [0.25, 0.3) is 0 Å². The SMILES string of the molecule is CCNC(=O)CN1CCN(C(=O)CCC2Cc3ccccc3NC2=O)CC1. The number of piperazine rings is 1. The van der Waals surface area contributed by atoms with Crippen molar-refractivity contribution in [1.82, 2.24) is 15.1 Å². The fourth-order valence-corrected chi connectivity index (χ4v) is 3.71. The number of nitrogens with one attached hydrogen (secondary N) is 2. The Hall–Kier alpha value is -2.41. The highest BCUT2D eigenvalue weighted by molar-refractivity contribution is 5.96. The first kappa shape index (κ1) is 19.4. The molecule has 0 saturated carbocycles. The van der Waals surface area contributed by atoms with E-state index in [1.54, 1.807) is 0 Å². The van der Waals surface area contributed by atoms with Crippen LogP contribution in [-0.2, 0) is 20.8 Å². The van der Waals surface area contributed by atoms with Gasteiger partial charge in [-0.1, -0.05) is 18.2 Å². The largest absolute Gasteiger partial charge is 0.355 e. The van der Waals surface area contributed by atoms with Crippen LogP contribution in [0.4, 0.5) is 5.69 Å². The predicted octanol–water partition coefficient (Wildman–Crippen LogP) is 0.858. The molecular weight excluding hydrogens is 344 g/mol. The van der Waals surface area contributed by atoms with Gasteiger partial charge >= 0.3 is 0 Å². The number of likely N-dealkylation sites (N-methyl/N-ethyl adjacent to an activating group) is 1. The molecule has 146 valence electrons. The zero-order valence-corrected chi connectivity index (χ0v) is 15.9. The second kappa shape index (κ2) is 8.99. The summed E-state index contributed by atoms with van der Waals surface area (Å²) in [5, 5.41) is 5.73. The molecule has 0 aliphatic carbocycles. The van der Waals surface area contributed by atoms with Gasteiger partial charge in [-0.3, -0.25) is 19.3 Å². The van der Waals surface area contributed by atoms with Crippen LogP contribution in [0.15, 0.2) is 24.3 Å². The van der Waals surface area contributed by atoms with Gasteiger partial charge in [0.25, 0.3) is 0 Å². The van der Waals surface area contributed by atoms with Crippen LogP contribution >= 0.6 is 0 Å². The van der Waals surface area contributed by atoms with E-state index in [4.69, 9.17) is 0 Å². The maximum absolute atomic E-state index is 12.5. The zero-order valence-electron chi connectivity index (χ0n) is 15.9. The Morgan fingerprint density at radius 3 is 2.67 bits per heavy atom.